The van der Waals surface area contributed by atoms with E-state index >= 15 is 0 Å². The third-order valence-corrected chi connectivity index (χ3v) is 7.05. The number of hydrogen-bond donors (Lipinski definition) is 1. The summed E-state index contributed by atoms with van der Waals surface area (Å²) >= 11 is 2.06. The van der Waals surface area contributed by atoms with Gasteiger partial charge in [0.15, 0.2) is 11.5 Å². The van der Waals surface area contributed by atoms with Crippen molar-refractivity contribution in [3.63, 3.8) is 0 Å². The van der Waals surface area contributed by atoms with Gasteiger partial charge >= 0.3 is 0 Å². The number of rotatable bonds is 3. The molecule has 1 N–H and O–H groups in total. The van der Waals surface area contributed by atoms with Crippen LogP contribution >= 0.6 is 11.3 Å². The van der Waals surface area contributed by atoms with Crippen molar-refractivity contribution in [3.8, 4) is 11.5 Å². The molecule has 0 spiro atoms. The van der Waals surface area contributed by atoms with E-state index in [0.29, 0.717) is 11.8 Å². The van der Waals surface area contributed by atoms with Crippen molar-refractivity contribution in [1.29, 1.82) is 0 Å². The number of methoxy groups -OCH3 is 1. The molecule has 4 heteroatoms. The molecule has 0 bridgehead atoms. The van der Waals surface area contributed by atoms with E-state index in [-0.39, 0.29) is 5.75 Å². The van der Waals surface area contributed by atoms with Crippen LogP contribution in [0.25, 0.3) is 0 Å². The van der Waals surface area contributed by atoms with Gasteiger partial charge < -0.3 is 9.84 Å². The van der Waals surface area contributed by atoms with Gasteiger partial charge in [-0.15, -0.1) is 11.3 Å². The second kappa shape index (κ2) is 5.50. The lowest BCUT2D eigenvalue weighted by Gasteiger charge is -2.40. The van der Waals surface area contributed by atoms with Gasteiger partial charge in [-0.2, -0.15) is 0 Å². The van der Waals surface area contributed by atoms with Gasteiger partial charge in [0.05, 0.1) is 7.11 Å². The zero-order chi connectivity index (χ0) is 16.3. The van der Waals surface area contributed by atoms with E-state index in [9.17, 15) is 5.11 Å². The zero-order valence-electron chi connectivity index (χ0n) is 14.0. The lowest BCUT2D eigenvalue weighted by atomic mass is 9.86. The fourth-order valence-electron chi connectivity index (χ4n) is 4.37. The Morgan fingerprint density at radius 1 is 1.33 bits per heavy atom. The molecule has 1 fully saturated rings. The van der Waals surface area contributed by atoms with E-state index in [1.165, 1.54) is 30.4 Å². The molecule has 0 saturated heterocycles. The standard InChI is InChI=1S/C20H23NO2S/c1-23-20-16-11-21-7-6-19-15(10-14(24-19)8-12-2-3-12)17(21)9-13(16)4-5-18(20)22/h4-5,10,12,17,22H,2-3,6-9,11H2,1H3/t17-/m0/s1. The van der Waals surface area contributed by atoms with Crippen molar-refractivity contribution in [2.24, 2.45) is 5.92 Å². The molecule has 1 aromatic carbocycles. The Hall–Kier alpha value is -1.52. The van der Waals surface area contributed by atoms with Gasteiger partial charge in [-0.3, -0.25) is 4.90 Å². The first-order valence-corrected chi connectivity index (χ1v) is 9.78. The molecule has 1 saturated carbocycles. The van der Waals surface area contributed by atoms with E-state index in [4.69, 9.17) is 4.74 Å². The molecule has 1 aromatic heterocycles. The van der Waals surface area contributed by atoms with Gasteiger partial charge in [-0.25, -0.2) is 0 Å². The summed E-state index contributed by atoms with van der Waals surface area (Å²) in [6.07, 6.45) is 6.34. The molecular weight excluding hydrogens is 318 g/mol. The molecule has 0 amide bonds. The van der Waals surface area contributed by atoms with Crippen LogP contribution in [0.3, 0.4) is 0 Å². The fourth-order valence-corrected chi connectivity index (χ4v) is 5.70. The third-order valence-electron chi connectivity index (χ3n) is 5.82. The minimum absolute atomic E-state index is 0.259. The van der Waals surface area contributed by atoms with Gasteiger partial charge in [-0.1, -0.05) is 6.07 Å². The Bertz CT molecular complexity index is 793. The maximum atomic E-state index is 10.1. The first-order valence-electron chi connectivity index (χ1n) is 8.96. The Morgan fingerprint density at radius 3 is 3.00 bits per heavy atom. The summed E-state index contributed by atoms with van der Waals surface area (Å²) in [5.74, 6) is 1.88. The first kappa shape index (κ1) is 14.8. The molecule has 2 aliphatic heterocycles. The molecule has 3 heterocycles. The second-order valence-electron chi connectivity index (χ2n) is 7.43. The largest absolute Gasteiger partial charge is 0.504 e. The smallest absolute Gasteiger partial charge is 0.165 e. The van der Waals surface area contributed by atoms with Gasteiger partial charge in [0.1, 0.15) is 0 Å². The van der Waals surface area contributed by atoms with Crippen molar-refractivity contribution in [3.05, 3.63) is 44.6 Å². The molecule has 1 aliphatic carbocycles. The average molecular weight is 341 g/mol. The summed E-state index contributed by atoms with van der Waals surface area (Å²) in [5.41, 5.74) is 4.07. The highest BCUT2D eigenvalue weighted by Gasteiger charge is 2.35. The van der Waals surface area contributed by atoms with Crippen molar-refractivity contribution in [2.75, 3.05) is 13.7 Å². The van der Waals surface area contributed by atoms with Crippen molar-refractivity contribution in [2.45, 2.75) is 44.7 Å². The van der Waals surface area contributed by atoms with E-state index < -0.39 is 0 Å². The van der Waals surface area contributed by atoms with Gasteiger partial charge in [-0.05, 0) is 61.3 Å². The molecule has 0 unspecified atom stereocenters. The van der Waals surface area contributed by atoms with E-state index in [1.54, 1.807) is 28.5 Å². The molecule has 1 atom stereocenters. The number of thiophene rings is 1. The van der Waals surface area contributed by atoms with Crippen LogP contribution in [0.1, 0.15) is 45.3 Å². The average Bonchev–Trinajstić information content (AvgIpc) is 3.29. The Balaban J connectivity index is 1.50. The predicted octanol–water partition coefficient (Wildman–Crippen LogP) is 4.07. The van der Waals surface area contributed by atoms with Crippen molar-refractivity contribution >= 4 is 11.3 Å². The number of phenols is 1. The number of benzene rings is 1. The van der Waals surface area contributed by atoms with Gasteiger partial charge in [0.25, 0.3) is 0 Å². The van der Waals surface area contributed by atoms with Crippen LogP contribution in [0.5, 0.6) is 11.5 Å². The van der Waals surface area contributed by atoms with Crippen LogP contribution in [0.4, 0.5) is 0 Å². The number of aromatic hydroxyl groups is 1. The quantitative estimate of drug-likeness (QED) is 0.913. The zero-order valence-corrected chi connectivity index (χ0v) is 14.9. The van der Waals surface area contributed by atoms with Crippen molar-refractivity contribution in [1.82, 2.24) is 4.90 Å². The van der Waals surface area contributed by atoms with Crippen LogP contribution in [0.15, 0.2) is 18.2 Å². The lowest BCUT2D eigenvalue weighted by Crippen LogP contribution is -2.38. The molecule has 126 valence electrons. The highest BCUT2D eigenvalue weighted by molar-refractivity contribution is 7.12. The topological polar surface area (TPSA) is 32.7 Å². The Morgan fingerprint density at radius 2 is 2.21 bits per heavy atom. The molecule has 5 rings (SSSR count). The molecule has 3 nitrogen and oxygen atoms in total. The minimum Gasteiger partial charge on any atom is -0.504 e. The first-order chi connectivity index (χ1) is 11.7. The number of ether oxygens (including phenoxy) is 1. The summed E-state index contributed by atoms with van der Waals surface area (Å²) < 4.78 is 5.47. The summed E-state index contributed by atoms with van der Waals surface area (Å²) in [6.45, 7) is 1.99. The van der Waals surface area contributed by atoms with Crippen LogP contribution < -0.4 is 4.74 Å². The predicted molar refractivity (Wildman–Crippen MR) is 96.0 cm³/mol. The highest BCUT2D eigenvalue weighted by atomic mass is 32.1. The molecular formula is C20H23NO2S. The van der Waals surface area contributed by atoms with Crippen LogP contribution in [-0.4, -0.2) is 23.7 Å². The molecule has 2 aromatic rings. The minimum atomic E-state index is 0.259. The lowest BCUT2D eigenvalue weighted by molar-refractivity contribution is 0.159. The fraction of sp³-hybridized carbons (Fsp3) is 0.500. The highest BCUT2D eigenvalue weighted by Crippen LogP contribution is 2.46. The summed E-state index contributed by atoms with van der Waals surface area (Å²) in [5, 5.41) is 10.1. The number of fused-ring (bicyclic) bond motifs is 4. The SMILES string of the molecule is COc1c(O)ccc2c1CN1CCc3sc(CC4CC4)cc3[C@@H]1C2. The van der Waals surface area contributed by atoms with E-state index in [0.717, 1.165) is 31.8 Å². The Kier molecular flexibility index (Phi) is 3.39. The van der Waals surface area contributed by atoms with Gasteiger partial charge in [0, 0.05) is 34.4 Å². The summed E-state index contributed by atoms with van der Waals surface area (Å²) in [4.78, 5) is 5.78. The summed E-state index contributed by atoms with van der Waals surface area (Å²) in [6, 6.07) is 6.86. The van der Waals surface area contributed by atoms with Crippen LogP contribution in [0.2, 0.25) is 0 Å². The van der Waals surface area contributed by atoms with Gasteiger partial charge in [0.2, 0.25) is 0 Å². The number of hydrogen-bond acceptors (Lipinski definition) is 4. The van der Waals surface area contributed by atoms with Crippen LogP contribution in [-0.2, 0) is 25.8 Å². The molecule has 0 radical (unpaired) electrons. The molecule has 3 aliphatic rings. The number of phenolic OH excluding ortho intramolecular Hbond substituents is 1. The summed E-state index contributed by atoms with van der Waals surface area (Å²) in [7, 11) is 1.65. The Labute approximate surface area is 146 Å². The molecule has 24 heavy (non-hydrogen) atoms. The van der Waals surface area contributed by atoms with Crippen molar-refractivity contribution < 1.29 is 9.84 Å². The monoisotopic (exact) mass is 341 g/mol. The second-order valence-corrected chi connectivity index (χ2v) is 8.66. The normalized spacial score (nSPS) is 22.6. The number of nitrogens with zero attached hydrogens (tertiary/aromatic N) is 1. The maximum Gasteiger partial charge on any atom is 0.165 e. The van der Waals surface area contributed by atoms with E-state index in [1.807, 2.05) is 0 Å². The maximum absolute atomic E-state index is 10.1. The third kappa shape index (κ3) is 2.35. The van der Waals surface area contributed by atoms with Crippen LogP contribution in [0, 0.1) is 5.92 Å². The van der Waals surface area contributed by atoms with E-state index in [2.05, 4.69) is 28.4 Å².